The normalized spacial score (nSPS) is 20.0. The molecule has 4 rings (SSSR count). The first-order valence-electron chi connectivity index (χ1n) is 10.7. The molecule has 2 atom stereocenters. The molecule has 2 aliphatic heterocycles. The Bertz CT molecular complexity index is 1160. The van der Waals surface area contributed by atoms with Gasteiger partial charge in [-0.25, -0.2) is 14.2 Å². The maximum Gasteiger partial charge on any atom is 0.350 e. The van der Waals surface area contributed by atoms with E-state index in [1.165, 1.54) is 0 Å². The molecule has 1 saturated heterocycles. The summed E-state index contributed by atoms with van der Waals surface area (Å²) in [6, 6.07) is -0.706. The molecule has 13 heteroatoms. The number of carbonyl (C=O) groups is 2. The lowest BCUT2D eigenvalue weighted by molar-refractivity contribution is 0.0531. The number of aryl methyl sites for hydroxylation is 1. The average Bonchev–Trinajstić information content (AvgIpc) is 3.39. The predicted octanol–water partition coefficient (Wildman–Crippen LogP) is 3.47. The number of anilines is 1. The van der Waals surface area contributed by atoms with Crippen molar-refractivity contribution < 1.29 is 18.7 Å². The second kappa shape index (κ2) is 10.3. The molecule has 34 heavy (non-hydrogen) atoms. The summed E-state index contributed by atoms with van der Waals surface area (Å²) < 4.78 is 20.3. The number of nitrogens with one attached hydrogen (secondary N) is 3. The zero-order chi connectivity index (χ0) is 24.4. The minimum Gasteiger partial charge on any atom is -0.462 e. The van der Waals surface area contributed by atoms with Crippen molar-refractivity contribution in [3.8, 4) is 0 Å². The Morgan fingerprint density at radius 3 is 2.79 bits per heavy atom. The van der Waals surface area contributed by atoms with Crippen molar-refractivity contribution in [2.24, 2.45) is 4.99 Å². The van der Waals surface area contributed by atoms with Crippen LogP contribution in [-0.2, 0) is 4.74 Å². The van der Waals surface area contributed by atoms with E-state index < -0.39 is 24.1 Å². The third-order valence-corrected chi connectivity index (χ3v) is 7.47. The van der Waals surface area contributed by atoms with E-state index in [-0.39, 0.29) is 28.9 Å². The van der Waals surface area contributed by atoms with Crippen LogP contribution in [0.25, 0.3) is 0 Å². The van der Waals surface area contributed by atoms with Crippen molar-refractivity contribution in [3.63, 3.8) is 0 Å². The number of hydrogen-bond donors (Lipinski definition) is 3. The highest BCUT2D eigenvalue weighted by atomic mass is 35.5. The zero-order valence-electron chi connectivity index (χ0n) is 18.5. The molecule has 0 aromatic carbocycles. The van der Waals surface area contributed by atoms with Crippen LogP contribution in [0.3, 0.4) is 0 Å². The lowest BCUT2D eigenvalue weighted by atomic mass is 10.0. The first-order valence-corrected chi connectivity index (χ1v) is 12.2. The number of ether oxygens (including phenoxy) is 1. The fourth-order valence-electron chi connectivity index (χ4n) is 3.69. The van der Waals surface area contributed by atoms with Crippen molar-refractivity contribution in [2.45, 2.75) is 32.5 Å². The molecular formula is C21H23Cl2FN6O3S. The summed E-state index contributed by atoms with van der Waals surface area (Å²) in [5.74, 6) is -1.01. The van der Waals surface area contributed by atoms with Gasteiger partial charge < -0.3 is 25.3 Å². The van der Waals surface area contributed by atoms with Crippen LogP contribution < -0.4 is 15.5 Å². The summed E-state index contributed by atoms with van der Waals surface area (Å²) in [6.45, 7) is 4.45. The number of piperidine rings is 1. The van der Waals surface area contributed by atoms with Crippen LogP contribution in [0.4, 0.5) is 9.52 Å². The van der Waals surface area contributed by atoms with E-state index in [4.69, 9.17) is 27.9 Å². The molecule has 2 aromatic rings. The molecule has 0 spiro atoms. The minimum atomic E-state index is -1.36. The molecule has 4 heterocycles. The van der Waals surface area contributed by atoms with E-state index in [0.717, 1.165) is 11.3 Å². The van der Waals surface area contributed by atoms with Crippen LogP contribution in [0, 0.1) is 6.92 Å². The lowest BCUT2D eigenvalue weighted by Crippen LogP contribution is -2.52. The molecule has 0 aliphatic carbocycles. The van der Waals surface area contributed by atoms with Crippen LogP contribution in [0.5, 0.6) is 0 Å². The quantitative estimate of drug-likeness (QED) is 0.495. The number of rotatable bonds is 6. The van der Waals surface area contributed by atoms with Crippen LogP contribution >= 0.6 is 34.5 Å². The number of nitrogens with zero attached hydrogens (tertiary/aromatic N) is 3. The van der Waals surface area contributed by atoms with Gasteiger partial charge in [0.2, 0.25) is 0 Å². The smallest absolute Gasteiger partial charge is 0.350 e. The third kappa shape index (κ3) is 4.91. The van der Waals surface area contributed by atoms with Crippen molar-refractivity contribution in [2.75, 3.05) is 31.3 Å². The van der Waals surface area contributed by atoms with Crippen LogP contribution in [0.1, 0.15) is 44.9 Å². The Kier molecular flexibility index (Phi) is 7.44. The van der Waals surface area contributed by atoms with Gasteiger partial charge in [0.05, 0.1) is 35.0 Å². The van der Waals surface area contributed by atoms with Gasteiger partial charge in [-0.3, -0.25) is 9.79 Å². The Labute approximate surface area is 209 Å². The van der Waals surface area contributed by atoms with Crippen molar-refractivity contribution >= 4 is 57.3 Å². The van der Waals surface area contributed by atoms with E-state index >= 15 is 4.39 Å². The highest BCUT2D eigenvalue weighted by molar-refractivity contribution is 7.17. The topological polar surface area (TPSA) is 112 Å². The molecule has 0 unspecified atom stereocenters. The van der Waals surface area contributed by atoms with E-state index in [2.05, 4.69) is 25.6 Å². The Morgan fingerprint density at radius 2 is 2.18 bits per heavy atom. The SMILES string of the molecule is CCOC(=O)c1sc(N2CC[C@@H](NC(=O)c3[nH]c(C)c(Cl)c3Cl)[C@@H](F)C2)nc1C1=NCNC=C1. The maximum absolute atomic E-state index is 15.1. The standard InChI is InChI=1S/C21H23Cl2FN6O3S/c1-3-33-20(32)18-16(13-4-6-25-9-26-13)29-21(34-18)30-7-5-12(11(24)8-30)28-19(31)17-15(23)14(22)10(2)27-17/h4,6,11-12,25,27H,3,5,7-9H2,1-2H3,(H,28,31)/t11-,12+/m0/s1. The van der Waals surface area contributed by atoms with Gasteiger partial charge in [-0.1, -0.05) is 34.5 Å². The van der Waals surface area contributed by atoms with Gasteiger partial charge in [0.25, 0.3) is 5.91 Å². The lowest BCUT2D eigenvalue weighted by Gasteiger charge is -2.34. The molecule has 182 valence electrons. The first kappa shape index (κ1) is 24.5. The number of carbonyl (C=O) groups excluding carboxylic acids is 2. The molecule has 0 radical (unpaired) electrons. The van der Waals surface area contributed by atoms with Gasteiger partial charge in [0, 0.05) is 18.4 Å². The first-order chi connectivity index (χ1) is 16.3. The maximum atomic E-state index is 15.1. The molecule has 1 fully saturated rings. The molecule has 2 aliphatic rings. The fourth-order valence-corrected chi connectivity index (χ4v) is 5.11. The number of amides is 1. The summed E-state index contributed by atoms with van der Waals surface area (Å²) in [4.78, 5) is 39.0. The molecule has 1 amide bonds. The Hall–Kier alpha value is -2.63. The molecular weight excluding hydrogens is 506 g/mol. The number of hydrogen-bond acceptors (Lipinski definition) is 8. The van der Waals surface area contributed by atoms with Crippen LogP contribution in [0.2, 0.25) is 10.0 Å². The van der Waals surface area contributed by atoms with Gasteiger partial charge in [-0.2, -0.15) is 0 Å². The van der Waals surface area contributed by atoms with Crippen molar-refractivity contribution in [1.29, 1.82) is 0 Å². The summed E-state index contributed by atoms with van der Waals surface area (Å²) in [7, 11) is 0. The van der Waals surface area contributed by atoms with E-state index in [9.17, 15) is 9.59 Å². The number of aromatic amines is 1. The molecule has 3 N–H and O–H groups in total. The van der Waals surface area contributed by atoms with E-state index in [0.29, 0.717) is 46.7 Å². The highest BCUT2D eigenvalue weighted by Gasteiger charge is 2.34. The number of alkyl halides is 1. The van der Waals surface area contributed by atoms with E-state index in [1.807, 2.05) is 0 Å². The number of aliphatic imine (C=N–C) groups is 1. The fraction of sp³-hybridized carbons (Fsp3) is 0.429. The average molecular weight is 529 g/mol. The van der Waals surface area contributed by atoms with Gasteiger partial charge in [0.1, 0.15) is 29.1 Å². The Balaban J connectivity index is 1.49. The van der Waals surface area contributed by atoms with Crippen molar-refractivity contribution in [1.82, 2.24) is 20.6 Å². The summed E-state index contributed by atoms with van der Waals surface area (Å²) >= 11 is 13.3. The second-order valence-electron chi connectivity index (χ2n) is 7.72. The zero-order valence-corrected chi connectivity index (χ0v) is 20.8. The van der Waals surface area contributed by atoms with Gasteiger partial charge >= 0.3 is 5.97 Å². The summed E-state index contributed by atoms with van der Waals surface area (Å²) in [5.41, 5.74) is 1.64. The van der Waals surface area contributed by atoms with Gasteiger partial charge in [-0.05, 0) is 26.3 Å². The van der Waals surface area contributed by atoms with Crippen LogP contribution in [-0.4, -0.2) is 66.1 Å². The summed E-state index contributed by atoms with van der Waals surface area (Å²) in [6.07, 6.45) is 2.43. The third-order valence-electron chi connectivity index (χ3n) is 5.43. The molecule has 0 saturated carbocycles. The van der Waals surface area contributed by atoms with Crippen LogP contribution in [0.15, 0.2) is 17.3 Å². The number of allylic oxidation sites excluding steroid dienone is 1. The van der Waals surface area contributed by atoms with Crippen molar-refractivity contribution in [3.05, 3.63) is 44.3 Å². The monoisotopic (exact) mass is 528 g/mol. The van der Waals surface area contributed by atoms with Gasteiger partial charge in [-0.15, -0.1) is 0 Å². The van der Waals surface area contributed by atoms with Gasteiger partial charge in [0.15, 0.2) is 5.13 Å². The largest absolute Gasteiger partial charge is 0.462 e. The minimum absolute atomic E-state index is 0.00226. The second-order valence-corrected chi connectivity index (χ2v) is 9.45. The highest BCUT2D eigenvalue weighted by Crippen LogP contribution is 2.32. The predicted molar refractivity (Wildman–Crippen MR) is 130 cm³/mol. The van der Waals surface area contributed by atoms with E-state index in [1.54, 1.807) is 31.0 Å². The number of esters is 1. The molecule has 2 aromatic heterocycles. The number of aromatic nitrogens is 2. The summed E-state index contributed by atoms with van der Waals surface area (Å²) in [5, 5.41) is 6.53. The Morgan fingerprint density at radius 1 is 1.38 bits per heavy atom. The number of thiazole rings is 1. The number of H-pyrrole nitrogens is 1. The number of halogens is 3. The molecule has 9 nitrogen and oxygen atoms in total. The molecule has 0 bridgehead atoms.